The van der Waals surface area contributed by atoms with Gasteiger partial charge in [-0.1, -0.05) is 56.3 Å². The van der Waals surface area contributed by atoms with Gasteiger partial charge in [-0.2, -0.15) is 0 Å². The largest absolute Gasteiger partial charge is 0.396 e. The molecule has 0 spiro atoms. The summed E-state index contributed by atoms with van der Waals surface area (Å²) in [5.74, 6) is 0.272. The molecule has 0 aliphatic rings. The van der Waals surface area contributed by atoms with Crippen LogP contribution in [0.3, 0.4) is 0 Å². The van der Waals surface area contributed by atoms with Crippen molar-refractivity contribution in [2.24, 2.45) is 5.92 Å². The predicted octanol–water partition coefficient (Wildman–Crippen LogP) is 3.88. The number of carbonyl (C=O) groups is 1. The first-order valence-electron chi connectivity index (χ1n) is 7.94. The van der Waals surface area contributed by atoms with Crippen LogP contribution in [0.4, 0.5) is 10.5 Å². The number of benzene rings is 2. The molecule has 4 nitrogen and oxygen atoms in total. The van der Waals surface area contributed by atoms with Crippen LogP contribution in [-0.4, -0.2) is 23.8 Å². The molecule has 0 saturated carbocycles. The number of anilines is 1. The minimum atomic E-state index is -0.246. The highest BCUT2D eigenvalue weighted by atomic mass is 16.3. The van der Waals surface area contributed by atoms with E-state index in [0.29, 0.717) is 6.42 Å². The van der Waals surface area contributed by atoms with E-state index in [1.807, 2.05) is 56.3 Å². The van der Waals surface area contributed by atoms with Crippen LogP contribution in [0.25, 0.3) is 11.1 Å². The van der Waals surface area contributed by atoms with Crippen molar-refractivity contribution >= 4 is 11.7 Å². The normalized spacial score (nSPS) is 12.0. The van der Waals surface area contributed by atoms with Crippen molar-refractivity contribution in [3.8, 4) is 11.1 Å². The SMILES string of the molecule is CC(C)[C@@H](CCO)NC(=O)Nc1ccc(-c2ccccc2)cc1. The number of urea groups is 1. The van der Waals surface area contributed by atoms with Gasteiger partial charge >= 0.3 is 6.03 Å². The van der Waals surface area contributed by atoms with Gasteiger partial charge in [-0.15, -0.1) is 0 Å². The van der Waals surface area contributed by atoms with E-state index in [2.05, 4.69) is 22.8 Å². The van der Waals surface area contributed by atoms with Gasteiger partial charge in [0.15, 0.2) is 0 Å². The maximum atomic E-state index is 12.1. The summed E-state index contributed by atoms with van der Waals surface area (Å²) in [5.41, 5.74) is 3.00. The van der Waals surface area contributed by atoms with Gasteiger partial charge in [0.1, 0.15) is 0 Å². The van der Waals surface area contributed by atoms with Crippen molar-refractivity contribution in [2.45, 2.75) is 26.3 Å². The van der Waals surface area contributed by atoms with E-state index < -0.39 is 0 Å². The molecular weight excluding hydrogens is 288 g/mol. The lowest BCUT2D eigenvalue weighted by molar-refractivity contribution is 0.227. The fourth-order valence-electron chi connectivity index (χ4n) is 2.42. The van der Waals surface area contributed by atoms with E-state index in [0.717, 1.165) is 16.8 Å². The summed E-state index contributed by atoms with van der Waals surface area (Å²) in [4.78, 5) is 12.1. The Morgan fingerprint density at radius 1 is 1.00 bits per heavy atom. The molecule has 0 radical (unpaired) electrons. The minimum absolute atomic E-state index is 0.0383. The van der Waals surface area contributed by atoms with Crippen molar-refractivity contribution in [3.63, 3.8) is 0 Å². The van der Waals surface area contributed by atoms with Gasteiger partial charge in [0.2, 0.25) is 0 Å². The smallest absolute Gasteiger partial charge is 0.319 e. The number of nitrogens with one attached hydrogen (secondary N) is 2. The highest BCUT2D eigenvalue weighted by Crippen LogP contribution is 2.21. The zero-order valence-corrected chi connectivity index (χ0v) is 13.6. The molecule has 0 bridgehead atoms. The molecule has 0 heterocycles. The van der Waals surface area contributed by atoms with E-state index in [-0.39, 0.29) is 24.6 Å². The van der Waals surface area contributed by atoms with Crippen LogP contribution in [0, 0.1) is 5.92 Å². The Labute approximate surface area is 137 Å². The summed E-state index contributed by atoms with van der Waals surface area (Å²) < 4.78 is 0. The first-order valence-corrected chi connectivity index (χ1v) is 7.94. The Morgan fingerprint density at radius 2 is 1.61 bits per heavy atom. The molecule has 0 aromatic heterocycles. The van der Waals surface area contributed by atoms with Crippen molar-refractivity contribution in [3.05, 3.63) is 54.6 Å². The maximum Gasteiger partial charge on any atom is 0.319 e. The number of aliphatic hydroxyl groups excluding tert-OH is 1. The van der Waals surface area contributed by atoms with Crippen LogP contribution in [0.5, 0.6) is 0 Å². The number of hydrogen-bond donors (Lipinski definition) is 3. The van der Waals surface area contributed by atoms with Crippen LogP contribution >= 0.6 is 0 Å². The Morgan fingerprint density at radius 3 is 2.17 bits per heavy atom. The molecule has 2 aromatic carbocycles. The van der Waals surface area contributed by atoms with Gasteiger partial charge in [0.25, 0.3) is 0 Å². The Kier molecular flexibility index (Phi) is 6.18. The number of hydrogen-bond acceptors (Lipinski definition) is 2. The fourth-order valence-corrected chi connectivity index (χ4v) is 2.42. The number of aliphatic hydroxyl groups is 1. The molecule has 23 heavy (non-hydrogen) atoms. The van der Waals surface area contributed by atoms with E-state index in [1.54, 1.807) is 0 Å². The van der Waals surface area contributed by atoms with Gasteiger partial charge in [0, 0.05) is 18.3 Å². The Balaban J connectivity index is 1.96. The summed E-state index contributed by atoms with van der Waals surface area (Å²) in [7, 11) is 0. The molecule has 0 aliphatic heterocycles. The Hall–Kier alpha value is -2.33. The van der Waals surface area contributed by atoms with E-state index >= 15 is 0 Å². The molecule has 3 N–H and O–H groups in total. The fraction of sp³-hybridized carbons (Fsp3) is 0.316. The van der Waals surface area contributed by atoms with Gasteiger partial charge < -0.3 is 15.7 Å². The first kappa shape index (κ1) is 17.0. The number of rotatable bonds is 6. The van der Waals surface area contributed by atoms with E-state index in [4.69, 9.17) is 5.11 Å². The highest BCUT2D eigenvalue weighted by molar-refractivity contribution is 5.89. The zero-order valence-electron chi connectivity index (χ0n) is 13.6. The highest BCUT2D eigenvalue weighted by Gasteiger charge is 2.15. The summed E-state index contributed by atoms with van der Waals surface area (Å²) in [6.45, 7) is 4.11. The molecule has 4 heteroatoms. The molecule has 0 fully saturated rings. The predicted molar refractivity (Wildman–Crippen MR) is 94.4 cm³/mol. The van der Waals surface area contributed by atoms with Crippen molar-refractivity contribution in [1.82, 2.24) is 5.32 Å². The molecule has 2 rings (SSSR count). The van der Waals surface area contributed by atoms with E-state index in [9.17, 15) is 4.79 Å². The lowest BCUT2D eigenvalue weighted by Gasteiger charge is -2.21. The zero-order chi connectivity index (χ0) is 16.7. The molecule has 0 saturated heterocycles. The van der Waals surface area contributed by atoms with Gasteiger partial charge in [-0.05, 0) is 35.6 Å². The standard InChI is InChI=1S/C19H24N2O2/c1-14(2)18(12-13-22)21-19(23)20-17-10-8-16(9-11-17)15-6-4-3-5-7-15/h3-11,14,18,22H,12-13H2,1-2H3,(H2,20,21,23)/t18-/m1/s1. The average Bonchev–Trinajstić information content (AvgIpc) is 2.56. The molecule has 2 amide bonds. The van der Waals surface area contributed by atoms with Crippen molar-refractivity contribution in [1.29, 1.82) is 0 Å². The molecule has 122 valence electrons. The third-order valence-electron chi connectivity index (χ3n) is 3.81. The third-order valence-corrected chi connectivity index (χ3v) is 3.81. The van der Waals surface area contributed by atoms with Gasteiger partial charge in [-0.3, -0.25) is 0 Å². The topological polar surface area (TPSA) is 61.4 Å². The summed E-state index contributed by atoms with van der Waals surface area (Å²) in [6, 6.07) is 17.6. The Bertz CT molecular complexity index is 609. The maximum absolute atomic E-state index is 12.1. The van der Waals surface area contributed by atoms with Crippen LogP contribution in [0.1, 0.15) is 20.3 Å². The second-order valence-electron chi connectivity index (χ2n) is 5.90. The lowest BCUT2D eigenvalue weighted by Crippen LogP contribution is -2.41. The average molecular weight is 312 g/mol. The summed E-state index contributed by atoms with van der Waals surface area (Å²) in [5, 5.41) is 14.8. The monoisotopic (exact) mass is 312 g/mol. The van der Waals surface area contributed by atoms with Gasteiger partial charge in [-0.25, -0.2) is 4.79 Å². The van der Waals surface area contributed by atoms with E-state index in [1.165, 1.54) is 0 Å². The number of carbonyl (C=O) groups excluding carboxylic acids is 1. The minimum Gasteiger partial charge on any atom is -0.396 e. The first-order chi connectivity index (χ1) is 11.1. The van der Waals surface area contributed by atoms with Crippen molar-refractivity contribution in [2.75, 3.05) is 11.9 Å². The molecule has 0 aliphatic carbocycles. The molecular formula is C19H24N2O2. The van der Waals surface area contributed by atoms with Crippen molar-refractivity contribution < 1.29 is 9.90 Å². The summed E-state index contributed by atoms with van der Waals surface area (Å²) >= 11 is 0. The third kappa shape index (κ3) is 5.11. The van der Waals surface area contributed by atoms with Crippen LogP contribution in [0.15, 0.2) is 54.6 Å². The van der Waals surface area contributed by atoms with Crippen LogP contribution in [-0.2, 0) is 0 Å². The molecule has 2 aromatic rings. The summed E-state index contributed by atoms with van der Waals surface area (Å²) in [6.07, 6.45) is 0.554. The van der Waals surface area contributed by atoms with Crippen LogP contribution in [0.2, 0.25) is 0 Å². The molecule has 1 atom stereocenters. The quantitative estimate of drug-likeness (QED) is 0.758. The second-order valence-corrected chi connectivity index (χ2v) is 5.90. The molecule has 0 unspecified atom stereocenters. The van der Waals surface area contributed by atoms with Gasteiger partial charge in [0.05, 0.1) is 0 Å². The van der Waals surface area contributed by atoms with Crippen LogP contribution < -0.4 is 10.6 Å². The lowest BCUT2D eigenvalue weighted by atomic mass is 10.0. The number of amides is 2. The second kappa shape index (κ2) is 8.34.